The van der Waals surface area contributed by atoms with Gasteiger partial charge in [0.15, 0.2) is 6.27 Å². The van der Waals surface area contributed by atoms with Crippen LogP contribution in [0.3, 0.4) is 0 Å². The van der Waals surface area contributed by atoms with Crippen LogP contribution >= 0.6 is 0 Å². The van der Waals surface area contributed by atoms with Gasteiger partial charge in [0.05, 0.1) is 37.5 Å². The lowest BCUT2D eigenvalue weighted by molar-refractivity contribution is -0.0907. The van der Waals surface area contributed by atoms with Gasteiger partial charge in [-0.2, -0.15) is 4.31 Å². The van der Waals surface area contributed by atoms with E-state index in [1.165, 1.54) is 12.1 Å². The molecule has 0 radical (unpaired) electrons. The standard InChI is InChI=1S/C27H37N3O7S/c1-18(2)15-30(38(33,34)21-10-8-20(28)9-11-21)16-24(31)23(14-19-6-4-3-5-7-19)29-27(32)37-25-17-36-26-22(25)12-13-35-26/h3-11,18,22-26,31H,12-17,28H2,1-2H3,(H,29,32)/t22-,23-,24+,25-,26+/m0/s1/i1D3,2D3,12D2,18D,26D. The summed E-state index contributed by atoms with van der Waals surface area (Å²) in [6.45, 7) is -10.2. The summed E-state index contributed by atoms with van der Waals surface area (Å²) in [6, 6.07) is 11.7. The van der Waals surface area contributed by atoms with E-state index >= 15 is 0 Å². The molecule has 0 saturated carbocycles. The zero-order valence-electron chi connectivity index (χ0n) is 30.4. The number of rotatable bonds is 11. The third kappa shape index (κ3) is 7.03. The van der Waals surface area contributed by atoms with Crippen LogP contribution in [0, 0.1) is 11.8 Å². The molecule has 5 atom stereocenters. The second-order valence-corrected chi connectivity index (χ2v) is 10.8. The number of nitrogens with two attached hydrogens (primary N) is 1. The molecule has 0 aromatic heterocycles. The van der Waals surface area contributed by atoms with Crippen LogP contribution < -0.4 is 11.1 Å². The Balaban J connectivity index is 1.66. The maximum absolute atomic E-state index is 13.9. The van der Waals surface area contributed by atoms with Gasteiger partial charge in [-0.3, -0.25) is 0 Å². The van der Waals surface area contributed by atoms with Crippen molar-refractivity contribution in [1.82, 2.24) is 9.62 Å². The number of carbonyl (C=O) groups is 1. The van der Waals surface area contributed by atoms with E-state index in [1.807, 2.05) is 0 Å². The maximum atomic E-state index is 13.9. The number of hydrogen-bond acceptors (Lipinski definition) is 8. The van der Waals surface area contributed by atoms with Crippen molar-refractivity contribution in [2.45, 2.75) is 55.9 Å². The van der Waals surface area contributed by atoms with Gasteiger partial charge in [-0.05, 0) is 48.5 Å². The molecule has 4 rings (SSSR count). The van der Waals surface area contributed by atoms with Crippen LogP contribution in [0.25, 0.3) is 0 Å². The Morgan fingerprint density at radius 2 is 2.00 bits per heavy atom. The molecular formula is C27H37N3O7S. The van der Waals surface area contributed by atoms with Gasteiger partial charge in [-0.15, -0.1) is 0 Å². The van der Waals surface area contributed by atoms with E-state index in [9.17, 15) is 18.3 Å². The quantitative estimate of drug-likeness (QED) is 0.358. The summed E-state index contributed by atoms with van der Waals surface area (Å²) in [6.07, 6.45) is -8.58. The van der Waals surface area contributed by atoms with Gasteiger partial charge >= 0.3 is 6.09 Å². The molecule has 2 aromatic rings. The Morgan fingerprint density at radius 1 is 1.26 bits per heavy atom. The molecule has 2 aliphatic heterocycles. The number of aliphatic hydroxyl groups excluding tert-OH is 1. The minimum atomic E-state index is -4.79. The maximum Gasteiger partial charge on any atom is 0.407 e. The monoisotopic (exact) mass is 557 g/mol. The zero-order chi connectivity index (χ0) is 35.9. The molecule has 10 nitrogen and oxygen atoms in total. The molecule has 0 unspecified atom stereocenters. The summed E-state index contributed by atoms with van der Waals surface area (Å²) in [7, 11) is -4.79. The summed E-state index contributed by atoms with van der Waals surface area (Å²) >= 11 is 0. The van der Waals surface area contributed by atoms with E-state index < -0.39 is 97.1 Å². The fraction of sp³-hybridized carbons (Fsp3) is 0.519. The van der Waals surface area contributed by atoms with E-state index in [2.05, 4.69) is 5.32 Å². The number of alkyl carbamates (subject to hydrolysis) is 1. The highest BCUT2D eigenvalue weighted by Crippen LogP contribution is 2.33. The molecule has 208 valence electrons. The number of amides is 1. The number of nitrogen functional groups attached to an aromatic ring is 1. The van der Waals surface area contributed by atoms with Crippen LogP contribution in [-0.4, -0.2) is 74.7 Å². The second-order valence-electron chi connectivity index (χ2n) is 8.90. The lowest BCUT2D eigenvalue weighted by Crippen LogP contribution is -2.51. The fourth-order valence-electron chi connectivity index (χ4n) is 4.18. The number of carbonyl (C=O) groups excluding carboxylic acids is 1. The Morgan fingerprint density at radius 3 is 2.71 bits per heavy atom. The summed E-state index contributed by atoms with van der Waals surface area (Å²) < 4.78 is 124. The van der Waals surface area contributed by atoms with E-state index in [0.717, 1.165) is 12.1 Å². The number of hydrogen-bond donors (Lipinski definition) is 3. The minimum absolute atomic E-state index is 0.131. The molecule has 0 bridgehead atoms. The topological polar surface area (TPSA) is 140 Å². The van der Waals surface area contributed by atoms with Crippen molar-refractivity contribution in [3.63, 3.8) is 0 Å². The number of ether oxygens (including phenoxy) is 3. The first-order valence-electron chi connectivity index (χ1n) is 16.8. The number of nitrogens with one attached hydrogen (secondary N) is 1. The second kappa shape index (κ2) is 12.4. The molecular weight excluding hydrogens is 510 g/mol. The molecule has 38 heavy (non-hydrogen) atoms. The molecule has 2 aliphatic rings. The first-order valence-corrected chi connectivity index (χ1v) is 13.3. The van der Waals surface area contributed by atoms with Gasteiger partial charge in [0, 0.05) is 31.1 Å². The van der Waals surface area contributed by atoms with Crippen LogP contribution in [-0.2, 0) is 30.7 Å². The highest BCUT2D eigenvalue weighted by Gasteiger charge is 2.44. The van der Waals surface area contributed by atoms with Crippen LogP contribution in [0.2, 0.25) is 0 Å². The SMILES string of the molecule is [2H]C1([2H])CO[C@]2([2H])OC[C@H](OC(=O)N[C@@H](Cc3ccccc3)[C@H](O)CN(CC([2H])(C([2H])([2H])[2H])C([2H])([2H])[2H])S(=O)(=O)c3ccc(N)cc3)[C@H]12. The smallest absolute Gasteiger partial charge is 0.407 e. The van der Waals surface area contributed by atoms with Crippen molar-refractivity contribution in [1.29, 1.82) is 0 Å². The van der Waals surface area contributed by atoms with Gasteiger partial charge in [-0.1, -0.05) is 44.0 Å². The summed E-state index contributed by atoms with van der Waals surface area (Å²) in [5, 5.41) is 13.9. The van der Waals surface area contributed by atoms with Gasteiger partial charge in [-0.25, -0.2) is 13.2 Å². The molecule has 0 aliphatic carbocycles. The number of fused-ring (bicyclic) bond motifs is 1. The molecule has 2 aromatic carbocycles. The summed E-state index contributed by atoms with van der Waals surface area (Å²) in [5.41, 5.74) is 6.44. The predicted molar refractivity (Wildman–Crippen MR) is 142 cm³/mol. The number of benzene rings is 2. The summed E-state index contributed by atoms with van der Waals surface area (Å²) in [5.74, 6) is -4.64. The molecule has 11 heteroatoms. The van der Waals surface area contributed by atoms with E-state index in [-0.39, 0.29) is 18.7 Å². The highest BCUT2D eigenvalue weighted by molar-refractivity contribution is 7.89. The number of aliphatic hydroxyl groups is 1. The van der Waals surface area contributed by atoms with Gasteiger partial charge in [0.1, 0.15) is 6.10 Å². The zero-order valence-corrected chi connectivity index (χ0v) is 21.2. The van der Waals surface area contributed by atoms with Crippen molar-refractivity contribution in [2.75, 3.05) is 32.0 Å². The van der Waals surface area contributed by atoms with E-state index in [4.69, 9.17) is 33.7 Å². The first-order chi connectivity index (χ1) is 22.0. The largest absolute Gasteiger partial charge is 0.443 e. The third-order valence-corrected chi connectivity index (χ3v) is 7.93. The Bertz CT molecular complexity index is 1530. The first kappa shape index (κ1) is 17.8. The van der Waals surface area contributed by atoms with Gasteiger partial charge in [0.25, 0.3) is 0 Å². The molecule has 0 spiro atoms. The lowest BCUT2D eigenvalue weighted by Gasteiger charge is -2.31. The van der Waals surface area contributed by atoms with Gasteiger partial charge in [0.2, 0.25) is 10.0 Å². The van der Waals surface area contributed by atoms with Crippen molar-refractivity contribution in [3.05, 3.63) is 60.2 Å². The molecule has 2 fully saturated rings. The lowest BCUT2D eigenvalue weighted by atomic mass is 10.0. The van der Waals surface area contributed by atoms with Crippen LogP contribution in [0.15, 0.2) is 59.5 Å². The molecule has 2 saturated heterocycles. The number of sulfonamides is 1. The Labute approximate surface area is 238 Å². The predicted octanol–water partition coefficient (Wildman–Crippen LogP) is 2.38. The van der Waals surface area contributed by atoms with Crippen LogP contribution in [0.5, 0.6) is 0 Å². The van der Waals surface area contributed by atoms with Gasteiger partial charge < -0.3 is 30.4 Å². The Hall–Kier alpha value is -2.70. The van der Waals surface area contributed by atoms with Crippen LogP contribution in [0.4, 0.5) is 10.5 Å². The number of nitrogens with zero attached hydrogens (tertiary/aromatic N) is 1. The average Bonchev–Trinajstić information content (AvgIpc) is 3.43. The minimum Gasteiger partial charge on any atom is -0.443 e. The van der Waals surface area contributed by atoms with E-state index in [0.29, 0.717) is 9.87 Å². The third-order valence-electron chi connectivity index (χ3n) is 6.10. The molecule has 4 N–H and O–H groups in total. The highest BCUT2D eigenvalue weighted by atomic mass is 32.2. The average molecular weight is 558 g/mol. The van der Waals surface area contributed by atoms with Crippen molar-refractivity contribution >= 4 is 21.8 Å². The molecule has 1 amide bonds. The van der Waals surface area contributed by atoms with Crippen molar-refractivity contribution in [2.24, 2.45) is 11.8 Å². The molecule has 2 heterocycles. The normalized spacial score (nSPS) is 30.9. The van der Waals surface area contributed by atoms with E-state index in [1.54, 1.807) is 30.3 Å². The fourth-order valence-corrected chi connectivity index (χ4v) is 5.60. The van der Waals surface area contributed by atoms with Crippen molar-refractivity contribution in [3.8, 4) is 0 Å². The summed E-state index contributed by atoms with van der Waals surface area (Å²) in [4.78, 5) is 12.8. The van der Waals surface area contributed by atoms with Crippen LogP contribution in [0.1, 0.15) is 39.3 Å². The Kier molecular flexibility index (Phi) is 5.83. The number of anilines is 1. The van der Waals surface area contributed by atoms with Crippen molar-refractivity contribution < 1.29 is 46.2 Å².